The Kier molecular flexibility index (Phi) is 5.93. The molecule has 0 saturated carbocycles. The van der Waals surface area contributed by atoms with Crippen molar-refractivity contribution in [2.24, 2.45) is 0 Å². The highest BCUT2D eigenvalue weighted by Crippen LogP contribution is 2.27. The van der Waals surface area contributed by atoms with E-state index in [9.17, 15) is 16.8 Å². The van der Waals surface area contributed by atoms with E-state index in [1.54, 1.807) is 0 Å². The number of nitrogens with one attached hydrogen (secondary N) is 2. The molecule has 0 saturated heterocycles. The SMILES string of the molecule is CS(=O)(=O)Nc1ccc(Cl)c(NS(=O)(=O)CCCCl)c1. The van der Waals surface area contributed by atoms with Gasteiger partial charge in [0.1, 0.15) is 0 Å². The first kappa shape index (κ1) is 17.4. The van der Waals surface area contributed by atoms with E-state index >= 15 is 0 Å². The van der Waals surface area contributed by atoms with Gasteiger partial charge in [-0.15, -0.1) is 11.6 Å². The maximum Gasteiger partial charge on any atom is 0.232 e. The second-order valence-electron chi connectivity index (χ2n) is 4.03. The van der Waals surface area contributed by atoms with Crippen molar-refractivity contribution >= 4 is 54.6 Å². The molecule has 114 valence electrons. The highest BCUT2D eigenvalue weighted by molar-refractivity contribution is 7.92. The minimum atomic E-state index is -3.58. The van der Waals surface area contributed by atoms with Crippen molar-refractivity contribution in [2.45, 2.75) is 6.42 Å². The molecule has 0 atom stereocenters. The van der Waals surface area contributed by atoms with Gasteiger partial charge in [-0.2, -0.15) is 0 Å². The average Bonchev–Trinajstić information content (AvgIpc) is 2.29. The van der Waals surface area contributed by atoms with Crippen molar-refractivity contribution in [3.05, 3.63) is 23.2 Å². The number of rotatable bonds is 7. The largest absolute Gasteiger partial charge is 0.284 e. The fraction of sp³-hybridized carbons (Fsp3) is 0.400. The van der Waals surface area contributed by atoms with Crippen LogP contribution in [0.25, 0.3) is 0 Å². The summed E-state index contributed by atoms with van der Waals surface area (Å²) in [5.41, 5.74) is 0.321. The van der Waals surface area contributed by atoms with Crippen LogP contribution in [0.2, 0.25) is 5.02 Å². The lowest BCUT2D eigenvalue weighted by atomic mass is 10.3. The van der Waals surface area contributed by atoms with Gasteiger partial charge in [0.2, 0.25) is 20.0 Å². The Bertz CT molecular complexity index is 674. The zero-order valence-electron chi connectivity index (χ0n) is 10.6. The molecule has 1 aromatic rings. The van der Waals surface area contributed by atoms with E-state index in [0.717, 1.165) is 6.26 Å². The van der Waals surface area contributed by atoms with Crippen LogP contribution in [0.4, 0.5) is 11.4 Å². The smallest absolute Gasteiger partial charge is 0.232 e. The Labute approximate surface area is 128 Å². The van der Waals surface area contributed by atoms with E-state index in [1.165, 1.54) is 18.2 Å². The second-order valence-corrected chi connectivity index (χ2v) is 8.41. The molecule has 0 bridgehead atoms. The molecule has 6 nitrogen and oxygen atoms in total. The summed E-state index contributed by atoms with van der Waals surface area (Å²) in [4.78, 5) is 0. The first-order valence-electron chi connectivity index (χ1n) is 5.47. The van der Waals surface area contributed by atoms with Crippen molar-refractivity contribution < 1.29 is 16.8 Å². The van der Waals surface area contributed by atoms with E-state index in [-0.39, 0.29) is 28.0 Å². The molecule has 10 heteroatoms. The van der Waals surface area contributed by atoms with Gasteiger partial charge in [-0.05, 0) is 24.6 Å². The van der Waals surface area contributed by atoms with Gasteiger partial charge in [0, 0.05) is 5.88 Å². The van der Waals surface area contributed by atoms with Gasteiger partial charge in [0.25, 0.3) is 0 Å². The van der Waals surface area contributed by atoms with E-state index < -0.39 is 20.0 Å². The maximum absolute atomic E-state index is 11.7. The molecule has 0 unspecified atom stereocenters. The van der Waals surface area contributed by atoms with Crippen LogP contribution in [-0.4, -0.2) is 34.7 Å². The summed E-state index contributed by atoms with van der Waals surface area (Å²) in [5, 5.41) is 0.165. The molecular weight excluding hydrogens is 347 g/mol. The van der Waals surface area contributed by atoms with Crippen molar-refractivity contribution in [1.82, 2.24) is 0 Å². The van der Waals surface area contributed by atoms with E-state index in [2.05, 4.69) is 9.44 Å². The summed E-state index contributed by atoms with van der Waals surface area (Å²) in [6, 6.07) is 4.13. The van der Waals surface area contributed by atoms with Gasteiger partial charge in [0.15, 0.2) is 0 Å². The van der Waals surface area contributed by atoms with E-state index in [4.69, 9.17) is 23.2 Å². The number of hydrogen-bond acceptors (Lipinski definition) is 4. The lowest BCUT2D eigenvalue weighted by molar-refractivity contribution is 0.599. The van der Waals surface area contributed by atoms with Gasteiger partial charge in [-0.25, -0.2) is 16.8 Å². The van der Waals surface area contributed by atoms with Gasteiger partial charge >= 0.3 is 0 Å². The number of halogens is 2. The molecule has 0 fully saturated rings. The third-order valence-electron chi connectivity index (χ3n) is 2.08. The Hall–Kier alpha value is -0.700. The monoisotopic (exact) mass is 360 g/mol. The molecule has 0 aliphatic carbocycles. The van der Waals surface area contributed by atoms with Crippen molar-refractivity contribution in [3.63, 3.8) is 0 Å². The Morgan fingerprint density at radius 3 is 2.35 bits per heavy atom. The van der Waals surface area contributed by atoms with Crippen LogP contribution >= 0.6 is 23.2 Å². The van der Waals surface area contributed by atoms with Crippen LogP contribution < -0.4 is 9.44 Å². The molecule has 1 aromatic carbocycles. The third kappa shape index (κ3) is 6.17. The van der Waals surface area contributed by atoms with Gasteiger partial charge in [-0.1, -0.05) is 11.6 Å². The van der Waals surface area contributed by atoms with Crippen LogP contribution in [0, 0.1) is 0 Å². The lowest BCUT2D eigenvalue weighted by Gasteiger charge is -2.11. The van der Waals surface area contributed by atoms with Crippen molar-refractivity contribution in [1.29, 1.82) is 0 Å². The Balaban J connectivity index is 2.98. The molecule has 0 aliphatic heterocycles. The number of benzene rings is 1. The molecular formula is C10H14Cl2N2O4S2. The molecule has 0 spiro atoms. The van der Waals surface area contributed by atoms with Gasteiger partial charge < -0.3 is 0 Å². The number of alkyl halides is 1. The molecule has 0 heterocycles. The molecule has 20 heavy (non-hydrogen) atoms. The first-order chi connectivity index (χ1) is 9.13. The van der Waals surface area contributed by atoms with E-state index in [1.807, 2.05) is 0 Å². The standard InChI is InChI=1S/C10H14Cl2N2O4S2/c1-19(15,16)13-8-3-4-9(12)10(7-8)14-20(17,18)6-2-5-11/h3-4,7,13-14H,2,5-6H2,1H3. The highest BCUT2D eigenvalue weighted by Gasteiger charge is 2.13. The van der Waals surface area contributed by atoms with E-state index in [0.29, 0.717) is 6.42 Å². The van der Waals surface area contributed by atoms with Crippen LogP contribution in [0.15, 0.2) is 18.2 Å². The fourth-order valence-corrected chi connectivity index (χ4v) is 3.54. The summed E-state index contributed by atoms with van der Waals surface area (Å²) >= 11 is 11.3. The number of anilines is 2. The summed E-state index contributed by atoms with van der Waals surface area (Å²) in [6.07, 6.45) is 1.29. The zero-order valence-corrected chi connectivity index (χ0v) is 13.7. The third-order valence-corrected chi connectivity index (χ3v) is 4.64. The van der Waals surface area contributed by atoms with Crippen LogP contribution in [0.5, 0.6) is 0 Å². The normalized spacial score (nSPS) is 12.2. The predicted octanol–water partition coefficient (Wildman–Crippen LogP) is 2.08. The van der Waals surface area contributed by atoms with Crippen LogP contribution in [0.3, 0.4) is 0 Å². The minimum Gasteiger partial charge on any atom is -0.284 e. The Morgan fingerprint density at radius 1 is 1.15 bits per heavy atom. The Morgan fingerprint density at radius 2 is 1.80 bits per heavy atom. The molecule has 2 N–H and O–H groups in total. The minimum absolute atomic E-state index is 0.106. The van der Waals surface area contributed by atoms with Crippen LogP contribution in [0.1, 0.15) is 6.42 Å². The molecule has 0 aromatic heterocycles. The predicted molar refractivity (Wildman–Crippen MR) is 82.7 cm³/mol. The zero-order chi connectivity index (χ0) is 15.4. The van der Waals surface area contributed by atoms with Crippen LogP contribution in [-0.2, 0) is 20.0 Å². The van der Waals surface area contributed by atoms with Crippen molar-refractivity contribution in [3.8, 4) is 0 Å². The summed E-state index contributed by atoms with van der Waals surface area (Å²) in [6.45, 7) is 0. The van der Waals surface area contributed by atoms with Gasteiger partial charge in [0.05, 0.1) is 28.4 Å². The summed E-state index contributed by atoms with van der Waals surface area (Å²) in [7, 11) is -7.03. The lowest BCUT2D eigenvalue weighted by Crippen LogP contribution is -2.17. The number of hydrogen-bond donors (Lipinski definition) is 2. The average molecular weight is 361 g/mol. The fourth-order valence-electron chi connectivity index (χ4n) is 1.34. The quantitative estimate of drug-likeness (QED) is 0.728. The topological polar surface area (TPSA) is 92.3 Å². The molecule has 0 amide bonds. The number of sulfonamides is 2. The molecule has 0 aliphatic rings. The first-order valence-corrected chi connectivity index (χ1v) is 9.92. The summed E-state index contributed by atoms with van der Waals surface area (Å²) in [5.74, 6) is 0.0842. The molecule has 0 radical (unpaired) electrons. The maximum atomic E-state index is 11.7. The molecule has 1 rings (SSSR count). The summed E-state index contributed by atoms with van der Waals surface area (Å²) < 4.78 is 50.3. The highest BCUT2D eigenvalue weighted by atomic mass is 35.5. The van der Waals surface area contributed by atoms with Gasteiger partial charge in [-0.3, -0.25) is 9.44 Å². The van der Waals surface area contributed by atoms with Crippen molar-refractivity contribution in [2.75, 3.05) is 27.3 Å². The second kappa shape index (κ2) is 6.84.